The fraction of sp³-hybridized carbons (Fsp3) is 0.182. The van der Waals surface area contributed by atoms with Gasteiger partial charge in [0.05, 0.1) is 21.4 Å². The highest BCUT2D eigenvalue weighted by atomic mass is 35.5. The van der Waals surface area contributed by atoms with E-state index in [1.54, 1.807) is 4.57 Å². The minimum Gasteiger partial charge on any atom is -0.323 e. The molecule has 0 aliphatic heterocycles. The third-order valence-corrected chi connectivity index (χ3v) is 2.84. The molecule has 1 heterocycles. The highest BCUT2D eigenvalue weighted by Gasteiger charge is 2.11. The molecule has 6 heteroatoms. The quantitative estimate of drug-likeness (QED) is 0.899. The molecule has 0 unspecified atom stereocenters. The van der Waals surface area contributed by atoms with E-state index >= 15 is 0 Å². The number of aryl methyl sites for hydroxylation is 2. The van der Waals surface area contributed by atoms with Gasteiger partial charge in [-0.2, -0.15) is 0 Å². The van der Waals surface area contributed by atoms with E-state index in [4.69, 9.17) is 23.2 Å². The summed E-state index contributed by atoms with van der Waals surface area (Å²) in [5.74, 6) is 0.125. The van der Waals surface area contributed by atoms with Crippen molar-refractivity contribution in [2.45, 2.75) is 6.92 Å². The van der Waals surface area contributed by atoms with Crippen LogP contribution in [-0.2, 0) is 7.05 Å². The highest BCUT2D eigenvalue weighted by molar-refractivity contribution is 6.39. The average Bonchev–Trinajstić information content (AvgIpc) is 2.51. The Labute approximate surface area is 108 Å². The maximum Gasteiger partial charge on any atom is 0.207 e. The van der Waals surface area contributed by atoms with E-state index in [2.05, 4.69) is 10.3 Å². The van der Waals surface area contributed by atoms with Crippen molar-refractivity contribution in [1.29, 1.82) is 0 Å². The number of nitrogens with one attached hydrogen (secondary N) is 1. The van der Waals surface area contributed by atoms with Gasteiger partial charge in [-0.15, -0.1) is 0 Å². The Balaban J connectivity index is 2.39. The van der Waals surface area contributed by atoms with Crippen LogP contribution in [-0.4, -0.2) is 9.55 Å². The van der Waals surface area contributed by atoms with Crippen molar-refractivity contribution in [2.75, 3.05) is 5.32 Å². The van der Waals surface area contributed by atoms with Crippen LogP contribution in [0.4, 0.5) is 16.0 Å². The molecule has 0 saturated carbocycles. The molecule has 0 aliphatic rings. The van der Waals surface area contributed by atoms with E-state index in [-0.39, 0.29) is 10.0 Å². The molecule has 0 saturated heterocycles. The SMILES string of the molecule is Cc1cn(C)c(Nc2c(Cl)cc(F)cc2Cl)n1. The second-order valence-electron chi connectivity index (χ2n) is 3.69. The van der Waals surface area contributed by atoms with E-state index < -0.39 is 5.82 Å². The molecule has 1 N–H and O–H groups in total. The number of anilines is 2. The smallest absolute Gasteiger partial charge is 0.207 e. The van der Waals surface area contributed by atoms with Crippen molar-refractivity contribution in [2.24, 2.45) is 7.05 Å². The lowest BCUT2D eigenvalue weighted by Gasteiger charge is -2.09. The molecule has 0 spiro atoms. The summed E-state index contributed by atoms with van der Waals surface area (Å²) in [7, 11) is 1.84. The van der Waals surface area contributed by atoms with Gasteiger partial charge in [0, 0.05) is 13.2 Å². The second kappa shape index (κ2) is 4.55. The van der Waals surface area contributed by atoms with Gasteiger partial charge >= 0.3 is 0 Å². The first-order valence-corrected chi connectivity index (χ1v) is 5.64. The average molecular weight is 274 g/mol. The van der Waals surface area contributed by atoms with Crippen LogP contribution < -0.4 is 5.32 Å². The zero-order valence-corrected chi connectivity index (χ0v) is 10.8. The van der Waals surface area contributed by atoms with Crippen LogP contribution in [0.15, 0.2) is 18.3 Å². The lowest BCUT2D eigenvalue weighted by molar-refractivity contribution is 0.628. The maximum absolute atomic E-state index is 13.0. The van der Waals surface area contributed by atoms with Gasteiger partial charge in [0.1, 0.15) is 5.82 Å². The number of hydrogen-bond acceptors (Lipinski definition) is 2. The highest BCUT2D eigenvalue weighted by Crippen LogP contribution is 2.33. The number of rotatable bonds is 2. The summed E-state index contributed by atoms with van der Waals surface area (Å²) in [6.07, 6.45) is 1.85. The number of hydrogen-bond donors (Lipinski definition) is 1. The molecule has 90 valence electrons. The minimum atomic E-state index is -0.471. The van der Waals surface area contributed by atoms with E-state index in [1.807, 2.05) is 20.2 Å². The molecular formula is C11H10Cl2FN3. The van der Waals surface area contributed by atoms with Crippen molar-refractivity contribution < 1.29 is 4.39 Å². The van der Waals surface area contributed by atoms with Crippen molar-refractivity contribution in [1.82, 2.24) is 9.55 Å². The lowest BCUT2D eigenvalue weighted by atomic mass is 10.3. The van der Waals surface area contributed by atoms with Gasteiger partial charge in [-0.25, -0.2) is 9.37 Å². The molecule has 0 atom stereocenters. The molecule has 0 fully saturated rings. The molecular weight excluding hydrogens is 264 g/mol. The summed E-state index contributed by atoms with van der Waals surface area (Å²) >= 11 is 11.8. The summed E-state index contributed by atoms with van der Waals surface area (Å²) in [6.45, 7) is 1.87. The van der Waals surface area contributed by atoms with Crippen molar-refractivity contribution in [3.8, 4) is 0 Å². The van der Waals surface area contributed by atoms with Gasteiger partial charge in [0.25, 0.3) is 0 Å². The van der Waals surface area contributed by atoms with Gasteiger partial charge in [-0.3, -0.25) is 0 Å². The zero-order chi connectivity index (χ0) is 12.6. The Kier molecular flexibility index (Phi) is 3.26. The van der Waals surface area contributed by atoms with Crippen molar-refractivity contribution in [3.05, 3.63) is 39.9 Å². The van der Waals surface area contributed by atoms with E-state index in [0.717, 1.165) is 5.69 Å². The third kappa shape index (κ3) is 2.53. The zero-order valence-electron chi connectivity index (χ0n) is 9.26. The molecule has 0 radical (unpaired) electrons. The van der Waals surface area contributed by atoms with Gasteiger partial charge in [-0.05, 0) is 19.1 Å². The van der Waals surface area contributed by atoms with Crippen LogP contribution in [0.25, 0.3) is 0 Å². The molecule has 2 aromatic rings. The Morgan fingerprint density at radius 3 is 2.35 bits per heavy atom. The molecule has 0 amide bonds. The summed E-state index contributed by atoms with van der Waals surface area (Å²) in [4.78, 5) is 4.25. The second-order valence-corrected chi connectivity index (χ2v) is 4.50. The fourth-order valence-electron chi connectivity index (χ4n) is 1.51. The van der Waals surface area contributed by atoms with Crippen molar-refractivity contribution >= 4 is 34.8 Å². The first-order valence-electron chi connectivity index (χ1n) is 4.89. The predicted octanol–water partition coefficient (Wildman–Crippen LogP) is 3.92. The molecule has 1 aromatic heterocycles. The number of halogens is 3. The maximum atomic E-state index is 13.0. The van der Waals surface area contributed by atoms with Gasteiger partial charge in [0.2, 0.25) is 5.95 Å². The lowest BCUT2D eigenvalue weighted by Crippen LogP contribution is -2.00. The monoisotopic (exact) mass is 273 g/mol. The Morgan fingerprint density at radius 2 is 1.88 bits per heavy atom. The van der Waals surface area contributed by atoms with Gasteiger partial charge in [-0.1, -0.05) is 23.2 Å². The Hall–Kier alpha value is -1.26. The summed E-state index contributed by atoms with van der Waals surface area (Å²) < 4.78 is 14.8. The van der Waals surface area contributed by atoms with Gasteiger partial charge < -0.3 is 9.88 Å². The minimum absolute atomic E-state index is 0.218. The van der Waals surface area contributed by atoms with Crippen LogP contribution in [0.5, 0.6) is 0 Å². The van der Waals surface area contributed by atoms with Crippen LogP contribution in [0, 0.1) is 12.7 Å². The van der Waals surface area contributed by atoms with Crippen LogP contribution >= 0.6 is 23.2 Å². The molecule has 2 rings (SSSR count). The largest absolute Gasteiger partial charge is 0.323 e. The van der Waals surface area contributed by atoms with E-state index in [1.165, 1.54) is 12.1 Å². The number of benzene rings is 1. The number of nitrogens with zero attached hydrogens (tertiary/aromatic N) is 2. The molecule has 0 bridgehead atoms. The van der Waals surface area contributed by atoms with Crippen LogP contribution in [0.1, 0.15) is 5.69 Å². The van der Waals surface area contributed by atoms with E-state index in [0.29, 0.717) is 11.6 Å². The molecule has 3 nitrogen and oxygen atoms in total. The first kappa shape index (κ1) is 12.2. The third-order valence-electron chi connectivity index (χ3n) is 2.24. The normalized spacial score (nSPS) is 10.6. The van der Waals surface area contributed by atoms with Gasteiger partial charge in [0.15, 0.2) is 0 Å². The molecule has 0 aliphatic carbocycles. The first-order chi connectivity index (χ1) is 7.97. The standard InChI is InChI=1S/C11H10Cl2FN3/c1-6-5-17(2)11(15-6)16-10-8(12)3-7(14)4-9(10)13/h3-5H,1-2H3,(H,15,16). The van der Waals surface area contributed by atoms with E-state index in [9.17, 15) is 4.39 Å². The van der Waals surface area contributed by atoms with Crippen LogP contribution in [0.2, 0.25) is 10.0 Å². The Morgan fingerprint density at radius 1 is 1.29 bits per heavy atom. The molecule has 17 heavy (non-hydrogen) atoms. The molecule has 1 aromatic carbocycles. The predicted molar refractivity (Wildman–Crippen MR) is 67.6 cm³/mol. The van der Waals surface area contributed by atoms with Crippen LogP contribution in [0.3, 0.4) is 0 Å². The fourth-order valence-corrected chi connectivity index (χ4v) is 2.06. The summed E-state index contributed by atoms with van der Waals surface area (Å²) in [6, 6.07) is 2.40. The summed E-state index contributed by atoms with van der Waals surface area (Å²) in [5, 5.41) is 3.41. The summed E-state index contributed by atoms with van der Waals surface area (Å²) in [5.41, 5.74) is 1.31. The Bertz CT molecular complexity index is 543. The van der Waals surface area contributed by atoms with Crippen molar-refractivity contribution in [3.63, 3.8) is 0 Å². The number of aromatic nitrogens is 2. The topological polar surface area (TPSA) is 29.9 Å². The number of imidazole rings is 1.